The molecule has 0 amide bonds. The summed E-state index contributed by atoms with van der Waals surface area (Å²) in [4.78, 5) is 0. The second kappa shape index (κ2) is 3.35. The van der Waals surface area contributed by atoms with Crippen LogP contribution in [-0.2, 0) is 0 Å². The van der Waals surface area contributed by atoms with Crippen LogP contribution in [0.3, 0.4) is 0 Å². The molecular formula is C8H17NO. The van der Waals surface area contributed by atoms with Gasteiger partial charge in [0.05, 0.1) is 5.60 Å². The number of nitrogens with one attached hydrogen (secondary N) is 1. The van der Waals surface area contributed by atoms with Gasteiger partial charge >= 0.3 is 0 Å². The van der Waals surface area contributed by atoms with Crippen LogP contribution in [0.4, 0.5) is 0 Å². The molecule has 0 radical (unpaired) electrons. The normalized spacial score (nSPS) is 36.6. The Hall–Kier alpha value is -0.0800. The first-order valence-electron chi connectivity index (χ1n) is 4.14. The van der Waals surface area contributed by atoms with E-state index in [-0.39, 0.29) is 0 Å². The molecular weight excluding hydrogens is 126 g/mol. The number of aliphatic hydroxyl groups is 1. The minimum atomic E-state index is -0.458. The molecule has 1 unspecified atom stereocenters. The van der Waals surface area contributed by atoms with E-state index in [9.17, 15) is 5.11 Å². The van der Waals surface area contributed by atoms with E-state index < -0.39 is 5.60 Å². The molecule has 10 heavy (non-hydrogen) atoms. The smallest absolute Gasteiger partial charge is 0.0743 e. The van der Waals surface area contributed by atoms with E-state index in [4.69, 9.17) is 0 Å². The molecule has 1 aliphatic heterocycles. The lowest BCUT2D eigenvalue weighted by molar-refractivity contribution is 0.0444. The SMILES string of the molecule is CC1(O)CCCCCNC1. The zero-order chi connectivity index (χ0) is 7.45. The molecule has 0 bridgehead atoms. The molecule has 2 N–H and O–H groups in total. The average Bonchev–Trinajstić information content (AvgIpc) is 1.81. The molecule has 0 aromatic rings. The molecule has 0 aliphatic carbocycles. The van der Waals surface area contributed by atoms with Gasteiger partial charge in [0, 0.05) is 6.54 Å². The van der Waals surface area contributed by atoms with E-state index in [1.807, 2.05) is 6.92 Å². The van der Waals surface area contributed by atoms with Crippen molar-refractivity contribution in [3.63, 3.8) is 0 Å². The van der Waals surface area contributed by atoms with Crippen LogP contribution < -0.4 is 5.32 Å². The Labute approximate surface area is 62.6 Å². The molecule has 0 spiro atoms. The van der Waals surface area contributed by atoms with Crippen molar-refractivity contribution in [1.29, 1.82) is 0 Å². The molecule has 0 aromatic carbocycles. The summed E-state index contributed by atoms with van der Waals surface area (Å²) in [6, 6.07) is 0. The molecule has 2 heteroatoms. The van der Waals surface area contributed by atoms with Crippen molar-refractivity contribution < 1.29 is 5.11 Å². The van der Waals surface area contributed by atoms with Crippen molar-refractivity contribution in [2.45, 2.75) is 38.2 Å². The van der Waals surface area contributed by atoms with E-state index in [1.165, 1.54) is 19.3 Å². The first kappa shape index (κ1) is 8.02. The number of hydrogen-bond acceptors (Lipinski definition) is 2. The third-order valence-electron chi connectivity index (χ3n) is 2.07. The Bertz CT molecular complexity index is 91.4. The summed E-state index contributed by atoms with van der Waals surface area (Å²) in [5.74, 6) is 0. The summed E-state index contributed by atoms with van der Waals surface area (Å²) in [5, 5.41) is 12.8. The Morgan fingerprint density at radius 2 is 2.10 bits per heavy atom. The summed E-state index contributed by atoms with van der Waals surface area (Å²) in [5.41, 5.74) is -0.458. The van der Waals surface area contributed by atoms with Gasteiger partial charge < -0.3 is 10.4 Å². The molecule has 0 aromatic heterocycles. The molecule has 60 valence electrons. The monoisotopic (exact) mass is 143 g/mol. The van der Waals surface area contributed by atoms with Gasteiger partial charge in [0.15, 0.2) is 0 Å². The highest BCUT2D eigenvalue weighted by molar-refractivity contribution is 4.76. The van der Waals surface area contributed by atoms with Gasteiger partial charge in [0.25, 0.3) is 0 Å². The third-order valence-corrected chi connectivity index (χ3v) is 2.07. The zero-order valence-corrected chi connectivity index (χ0v) is 6.69. The predicted octanol–water partition coefficient (Wildman–Crippen LogP) is 0.901. The van der Waals surface area contributed by atoms with Gasteiger partial charge in [-0.15, -0.1) is 0 Å². The lowest BCUT2D eigenvalue weighted by Gasteiger charge is -2.25. The van der Waals surface area contributed by atoms with Gasteiger partial charge in [-0.3, -0.25) is 0 Å². The molecule has 1 fully saturated rings. The highest BCUT2D eigenvalue weighted by Gasteiger charge is 2.19. The molecule has 0 saturated carbocycles. The molecule has 1 atom stereocenters. The van der Waals surface area contributed by atoms with Gasteiger partial charge in [-0.2, -0.15) is 0 Å². The van der Waals surface area contributed by atoms with Crippen molar-refractivity contribution in [1.82, 2.24) is 5.32 Å². The largest absolute Gasteiger partial charge is 0.389 e. The first-order chi connectivity index (χ1) is 4.71. The van der Waals surface area contributed by atoms with E-state index in [0.717, 1.165) is 19.5 Å². The van der Waals surface area contributed by atoms with Crippen molar-refractivity contribution in [3.8, 4) is 0 Å². The summed E-state index contributed by atoms with van der Waals surface area (Å²) in [7, 11) is 0. The molecule has 1 aliphatic rings. The zero-order valence-electron chi connectivity index (χ0n) is 6.69. The number of rotatable bonds is 0. The highest BCUT2D eigenvalue weighted by atomic mass is 16.3. The average molecular weight is 143 g/mol. The predicted molar refractivity (Wildman–Crippen MR) is 42.0 cm³/mol. The van der Waals surface area contributed by atoms with Crippen LogP contribution in [-0.4, -0.2) is 23.8 Å². The Morgan fingerprint density at radius 1 is 1.30 bits per heavy atom. The summed E-state index contributed by atoms with van der Waals surface area (Å²) < 4.78 is 0. The number of hydrogen-bond donors (Lipinski definition) is 2. The molecule has 1 rings (SSSR count). The fourth-order valence-corrected chi connectivity index (χ4v) is 1.38. The van der Waals surface area contributed by atoms with Crippen LogP contribution >= 0.6 is 0 Å². The topological polar surface area (TPSA) is 32.3 Å². The Kier molecular flexibility index (Phi) is 2.69. The van der Waals surface area contributed by atoms with Gasteiger partial charge in [-0.25, -0.2) is 0 Å². The second-order valence-corrected chi connectivity index (χ2v) is 3.48. The second-order valence-electron chi connectivity index (χ2n) is 3.48. The van der Waals surface area contributed by atoms with E-state index in [2.05, 4.69) is 5.32 Å². The molecule has 1 heterocycles. The van der Waals surface area contributed by atoms with Crippen molar-refractivity contribution in [2.24, 2.45) is 0 Å². The first-order valence-corrected chi connectivity index (χ1v) is 4.14. The van der Waals surface area contributed by atoms with Gasteiger partial charge in [-0.1, -0.05) is 12.8 Å². The summed E-state index contributed by atoms with van der Waals surface area (Å²) in [6.45, 7) is 3.73. The van der Waals surface area contributed by atoms with Crippen LogP contribution in [0.1, 0.15) is 32.6 Å². The van der Waals surface area contributed by atoms with Crippen molar-refractivity contribution >= 4 is 0 Å². The van der Waals surface area contributed by atoms with Gasteiger partial charge in [0.1, 0.15) is 0 Å². The highest BCUT2D eigenvalue weighted by Crippen LogP contribution is 2.15. The van der Waals surface area contributed by atoms with Crippen molar-refractivity contribution in [2.75, 3.05) is 13.1 Å². The van der Waals surface area contributed by atoms with Gasteiger partial charge in [0.2, 0.25) is 0 Å². The number of β-amino-alcohol motifs (C(OH)–C–C–N with tert-alkyl or cyclic N) is 1. The fraction of sp³-hybridized carbons (Fsp3) is 1.00. The Morgan fingerprint density at radius 3 is 2.90 bits per heavy atom. The quantitative estimate of drug-likeness (QED) is 0.528. The summed E-state index contributed by atoms with van der Waals surface area (Å²) in [6.07, 6.45) is 4.63. The Balaban J connectivity index is 2.30. The summed E-state index contributed by atoms with van der Waals surface area (Å²) >= 11 is 0. The van der Waals surface area contributed by atoms with Crippen LogP contribution in [0.25, 0.3) is 0 Å². The third kappa shape index (κ3) is 2.67. The minimum absolute atomic E-state index is 0.458. The molecule has 1 saturated heterocycles. The van der Waals surface area contributed by atoms with E-state index in [1.54, 1.807) is 0 Å². The minimum Gasteiger partial charge on any atom is -0.389 e. The maximum Gasteiger partial charge on any atom is 0.0743 e. The van der Waals surface area contributed by atoms with E-state index >= 15 is 0 Å². The maximum absolute atomic E-state index is 9.62. The van der Waals surface area contributed by atoms with Crippen LogP contribution in [0, 0.1) is 0 Å². The lowest BCUT2D eigenvalue weighted by atomic mass is 9.96. The van der Waals surface area contributed by atoms with E-state index in [0.29, 0.717) is 0 Å². The van der Waals surface area contributed by atoms with Gasteiger partial charge in [-0.05, 0) is 26.3 Å². The van der Waals surface area contributed by atoms with Crippen LogP contribution in [0.2, 0.25) is 0 Å². The molecule has 2 nitrogen and oxygen atoms in total. The van der Waals surface area contributed by atoms with Crippen LogP contribution in [0.15, 0.2) is 0 Å². The van der Waals surface area contributed by atoms with Crippen LogP contribution in [0.5, 0.6) is 0 Å². The maximum atomic E-state index is 9.62. The fourth-order valence-electron chi connectivity index (χ4n) is 1.38. The van der Waals surface area contributed by atoms with Crippen molar-refractivity contribution in [3.05, 3.63) is 0 Å². The standard InChI is InChI=1S/C8H17NO/c1-8(10)5-3-2-4-6-9-7-8/h9-10H,2-7H2,1H3. The lowest BCUT2D eigenvalue weighted by Crippen LogP contribution is -2.39.